The van der Waals surface area contributed by atoms with Gasteiger partial charge in [0.2, 0.25) is 0 Å². The normalized spacial score (nSPS) is 12.1. The Balaban J connectivity index is 1.65. The van der Waals surface area contributed by atoms with E-state index >= 15 is 0 Å². The van der Waals surface area contributed by atoms with Gasteiger partial charge in [-0.25, -0.2) is 4.79 Å². The fraction of sp³-hybridized carbons (Fsp3) is 0. The van der Waals surface area contributed by atoms with Crippen LogP contribution in [0.2, 0.25) is 0 Å². The number of phenols is 2. The number of amides is 2. The van der Waals surface area contributed by atoms with Crippen LogP contribution in [0.3, 0.4) is 0 Å². The molecule has 0 aliphatic carbocycles. The maximum atomic E-state index is 12.5. The summed E-state index contributed by atoms with van der Waals surface area (Å²) in [5, 5.41) is 25.8. The summed E-state index contributed by atoms with van der Waals surface area (Å²) in [6, 6.07) is 9.27. The van der Waals surface area contributed by atoms with E-state index in [0.29, 0.717) is 0 Å². The molecule has 0 radical (unpaired) electrons. The molecule has 0 saturated heterocycles. The molecule has 4 rings (SSSR count). The van der Waals surface area contributed by atoms with Gasteiger partial charge >= 0.3 is 6.03 Å². The summed E-state index contributed by atoms with van der Waals surface area (Å²) in [5.41, 5.74) is 10.9. The molecule has 10 N–H and O–H groups in total. The molecule has 13 nitrogen and oxygen atoms in total. The Labute approximate surface area is 203 Å². The third kappa shape index (κ3) is 4.50. The lowest BCUT2D eigenvalue weighted by Gasteiger charge is -2.13. The van der Waals surface area contributed by atoms with Crippen LogP contribution in [0, 0.1) is 0 Å². The van der Waals surface area contributed by atoms with Gasteiger partial charge in [-0.1, -0.05) is 0 Å². The summed E-state index contributed by atoms with van der Waals surface area (Å²) < 4.78 is 64.8. The number of nitrogen functional groups attached to an aromatic ring is 2. The summed E-state index contributed by atoms with van der Waals surface area (Å²) in [6.45, 7) is 0. The molecule has 0 spiro atoms. The van der Waals surface area contributed by atoms with Crippen molar-refractivity contribution in [1.29, 1.82) is 0 Å². The van der Waals surface area contributed by atoms with Gasteiger partial charge in [0.15, 0.2) is 0 Å². The van der Waals surface area contributed by atoms with E-state index < -0.39 is 53.2 Å². The maximum absolute atomic E-state index is 12.5. The minimum Gasteiger partial charge on any atom is -0.507 e. The molecule has 0 saturated carbocycles. The molecule has 0 fully saturated rings. The zero-order valence-electron chi connectivity index (χ0n) is 17.9. The number of anilines is 4. The molecule has 0 aliphatic heterocycles. The molecule has 2 amide bonds. The van der Waals surface area contributed by atoms with Gasteiger partial charge in [-0.3, -0.25) is 9.11 Å². The highest BCUT2D eigenvalue weighted by atomic mass is 32.2. The van der Waals surface area contributed by atoms with Gasteiger partial charge in [-0.15, -0.1) is 0 Å². The van der Waals surface area contributed by atoms with E-state index in [1.165, 1.54) is 36.4 Å². The van der Waals surface area contributed by atoms with Crippen molar-refractivity contribution in [3.63, 3.8) is 0 Å². The lowest BCUT2D eigenvalue weighted by atomic mass is 10.1. The molecule has 0 atom stereocenters. The number of nitrogens with two attached hydrogens (primary N) is 2. The highest BCUT2D eigenvalue weighted by Crippen LogP contribution is 2.38. The molecule has 15 heteroatoms. The van der Waals surface area contributed by atoms with Crippen molar-refractivity contribution in [1.82, 2.24) is 0 Å². The van der Waals surface area contributed by atoms with Gasteiger partial charge < -0.3 is 32.3 Å². The second-order valence-corrected chi connectivity index (χ2v) is 10.4. The molecular formula is C21H18N4O9S2. The first kappa shape index (κ1) is 24.8. The van der Waals surface area contributed by atoms with Gasteiger partial charge in [-0.05, 0) is 47.9 Å². The summed E-state index contributed by atoms with van der Waals surface area (Å²) in [5.74, 6) is -1.01. The highest BCUT2D eigenvalue weighted by molar-refractivity contribution is 7.86. The number of carbonyl (C=O) groups excluding carboxylic acids is 1. The van der Waals surface area contributed by atoms with E-state index in [9.17, 15) is 40.9 Å². The Bertz CT molecular complexity index is 1800. The number of nitrogens with one attached hydrogen (secondary N) is 2. The molecule has 4 aromatic carbocycles. The van der Waals surface area contributed by atoms with Crippen molar-refractivity contribution in [3.05, 3.63) is 48.5 Å². The molecule has 0 bridgehead atoms. The van der Waals surface area contributed by atoms with Crippen molar-refractivity contribution in [2.45, 2.75) is 9.79 Å². The van der Waals surface area contributed by atoms with E-state index in [4.69, 9.17) is 11.5 Å². The SMILES string of the molecule is Nc1c(S(=O)(=O)O)cc2cc(NC(=O)Nc3ccc4c(O)cc(S(=O)(=O)O)c(N)c4c3)ccc2c1O. The van der Waals surface area contributed by atoms with Gasteiger partial charge in [0.25, 0.3) is 20.2 Å². The van der Waals surface area contributed by atoms with Crippen LogP contribution in [0.1, 0.15) is 0 Å². The lowest BCUT2D eigenvalue weighted by molar-refractivity contribution is 0.262. The molecule has 188 valence electrons. The van der Waals surface area contributed by atoms with Crippen LogP contribution in [0.4, 0.5) is 27.5 Å². The first-order chi connectivity index (χ1) is 16.7. The summed E-state index contributed by atoms with van der Waals surface area (Å²) in [6.07, 6.45) is 0. The molecule has 0 unspecified atom stereocenters. The number of fused-ring (bicyclic) bond motifs is 2. The van der Waals surface area contributed by atoms with Gasteiger partial charge in [0.05, 0.1) is 11.4 Å². The minimum atomic E-state index is -4.73. The number of benzene rings is 4. The topological polar surface area (TPSA) is 242 Å². The third-order valence-electron chi connectivity index (χ3n) is 5.30. The first-order valence-corrected chi connectivity index (χ1v) is 12.7. The molecule has 36 heavy (non-hydrogen) atoms. The quantitative estimate of drug-likeness (QED) is 0.0818. The smallest absolute Gasteiger partial charge is 0.323 e. The van der Waals surface area contributed by atoms with Crippen LogP contribution in [-0.4, -0.2) is 42.2 Å². The zero-order chi connectivity index (χ0) is 26.6. The number of phenolic OH excluding ortho intramolecular Hbond substituents is 2. The molecule has 0 aliphatic rings. The van der Waals surface area contributed by atoms with Crippen molar-refractivity contribution >= 4 is 70.6 Å². The van der Waals surface area contributed by atoms with Crippen LogP contribution in [0.25, 0.3) is 21.5 Å². The molecule has 0 aromatic heterocycles. The number of hydrogen-bond acceptors (Lipinski definition) is 9. The number of carbonyl (C=O) groups is 1. The van der Waals surface area contributed by atoms with Crippen LogP contribution < -0.4 is 22.1 Å². The van der Waals surface area contributed by atoms with Gasteiger partial charge in [-0.2, -0.15) is 16.8 Å². The van der Waals surface area contributed by atoms with E-state index in [-0.39, 0.29) is 38.6 Å². The average molecular weight is 535 g/mol. The number of urea groups is 1. The second kappa shape index (κ2) is 8.42. The van der Waals surface area contributed by atoms with Gasteiger partial charge in [0.1, 0.15) is 21.3 Å². The molecule has 4 aromatic rings. The second-order valence-electron chi connectivity index (χ2n) is 7.67. The fourth-order valence-corrected chi connectivity index (χ4v) is 4.96. The average Bonchev–Trinajstić information content (AvgIpc) is 2.77. The van der Waals surface area contributed by atoms with E-state index in [2.05, 4.69) is 10.6 Å². The zero-order valence-corrected chi connectivity index (χ0v) is 19.6. The van der Waals surface area contributed by atoms with Crippen LogP contribution >= 0.6 is 0 Å². The summed E-state index contributed by atoms with van der Waals surface area (Å²) >= 11 is 0. The van der Waals surface area contributed by atoms with Crippen molar-refractivity contribution in [2.24, 2.45) is 0 Å². The lowest BCUT2D eigenvalue weighted by Crippen LogP contribution is -2.19. The maximum Gasteiger partial charge on any atom is 0.323 e. The predicted octanol–water partition coefficient (Wildman–Crippen LogP) is 2.71. The van der Waals surface area contributed by atoms with E-state index in [1.807, 2.05) is 0 Å². The Morgan fingerprint density at radius 1 is 0.694 bits per heavy atom. The third-order valence-corrected chi connectivity index (χ3v) is 7.09. The van der Waals surface area contributed by atoms with Crippen molar-refractivity contribution in [2.75, 3.05) is 22.1 Å². The van der Waals surface area contributed by atoms with E-state index in [0.717, 1.165) is 12.1 Å². The number of hydrogen-bond donors (Lipinski definition) is 8. The van der Waals surface area contributed by atoms with Crippen LogP contribution in [0.15, 0.2) is 58.3 Å². The highest BCUT2D eigenvalue weighted by Gasteiger charge is 2.21. The first-order valence-electron chi connectivity index (χ1n) is 9.80. The Morgan fingerprint density at radius 2 is 1.22 bits per heavy atom. The minimum absolute atomic E-state index is 0.0527. The fourth-order valence-electron chi connectivity index (χ4n) is 3.66. The number of aromatic hydroxyl groups is 2. The molecule has 0 heterocycles. The summed E-state index contributed by atoms with van der Waals surface area (Å²) in [4.78, 5) is 11.1. The van der Waals surface area contributed by atoms with Crippen LogP contribution in [0.5, 0.6) is 11.5 Å². The Hall–Kier alpha value is -4.31. The van der Waals surface area contributed by atoms with E-state index in [1.54, 1.807) is 0 Å². The van der Waals surface area contributed by atoms with Crippen LogP contribution in [-0.2, 0) is 20.2 Å². The van der Waals surface area contributed by atoms with Crippen molar-refractivity contribution < 1.29 is 40.9 Å². The standard InChI is InChI=1S/C21H18N4O9S2/c22-18-14-7-11(2-4-13(14)15(26)8-17(18)36(32,33)34)25-21(28)24-10-1-3-12-9(5-10)6-16(35(29,30)31)19(23)20(12)27/h1-8,26-27H,22-23H2,(H2,24,25,28)(H,29,30,31)(H,32,33,34). The monoisotopic (exact) mass is 534 g/mol. The predicted molar refractivity (Wildman–Crippen MR) is 132 cm³/mol. The molecular weight excluding hydrogens is 516 g/mol. The summed E-state index contributed by atoms with van der Waals surface area (Å²) in [7, 11) is -9.45. The number of rotatable bonds is 4. The van der Waals surface area contributed by atoms with Crippen molar-refractivity contribution in [3.8, 4) is 11.5 Å². The Kier molecular flexibility index (Phi) is 5.80. The largest absolute Gasteiger partial charge is 0.507 e. The van der Waals surface area contributed by atoms with Gasteiger partial charge in [0, 0.05) is 33.6 Å². The Morgan fingerprint density at radius 3 is 1.81 bits per heavy atom.